The van der Waals surface area contributed by atoms with Crippen molar-refractivity contribution >= 4 is 44.8 Å². The Morgan fingerprint density at radius 2 is 2.10 bits per heavy atom. The molecule has 1 aromatic carbocycles. The molecule has 2 nitrogen and oxygen atoms in total. The van der Waals surface area contributed by atoms with Crippen molar-refractivity contribution in [2.75, 3.05) is 24.5 Å². The van der Waals surface area contributed by atoms with Gasteiger partial charge in [-0.1, -0.05) is 37.0 Å². The predicted molar refractivity (Wildman–Crippen MR) is 92.2 cm³/mol. The van der Waals surface area contributed by atoms with E-state index in [-0.39, 0.29) is 0 Å². The minimum atomic E-state index is 0.510. The van der Waals surface area contributed by atoms with Crippen LogP contribution in [0.5, 0.6) is 0 Å². The number of halogens is 3. The van der Waals surface area contributed by atoms with E-state index in [9.17, 15) is 0 Å². The van der Waals surface area contributed by atoms with Crippen molar-refractivity contribution in [3.63, 3.8) is 0 Å². The number of rotatable bonds is 3. The third kappa shape index (κ3) is 4.03. The quantitative estimate of drug-likeness (QED) is 0.745. The fraction of sp³-hybridized carbons (Fsp3) is 0.600. The normalized spacial score (nSPS) is 20.3. The molecule has 1 saturated heterocycles. The van der Waals surface area contributed by atoms with Crippen LogP contribution >= 0.6 is 39.1 Å². The minimum Gasteiger partial charge on any atom is -0.369 e. The summed E-state index contributed by atoms with van der Waals surface area (Å²) >= 11 is 16.1. The Morgan fingerprint density at radius 1 is 1.35 bits per heavy atom. The number of hydrogen-bond acceptors (Lipinski definition) is 2. The van der Waals surface area contributed by atoms with Crippen molar-refractivity contribution in [2.45, 2.75) is 32.7 Å². The highest BCUT2D eigenvalue weighted by atomic mass is 79.9. The van der Waals surface area contributed by atoms with Gasteiger partial charge in [0.15, 0.2) is 0 Å². The molecule has 0 amide bonds. The van der Waals surface area contributed by atoms with Gasteiger partial charge in [-0.05, 0) is 53.4 Å². The zero-order valence-electron chi connectivity index (χ0n) is 11.9. The summed E-state index contributed by atoms with van der Waals surface area (Å²) in [6.07, 6.45) is 2.30. The lowest BCUT2D eigenvalue weighted by atomic mass is 10.0. The Labute approximate surface area is 139 Å². The van der Waals surface area contributed by atoms with Gasteiger partial charge in [-0.3, -0.25) is 0 Å². The number of anilines is 1. The summed E-state index contributed by atoms with van der Waals surface area (Å²) in [4.78, 5) is 2.35. The van der Waals surface area contributed by atoms with Crippen LogP contribution in [-0.2, 0) is 0 Å². The largest absolute Gasteiger partial charge is 0.369 e. The van der Waals surface area contributed by atoms with E-state index >= 15 is 0 Å². The second kappa shape index (κ2) is 7.35. The number of benzene rings is 1. The molecule has 1 N–H and O–H groups in total. The van der Waals surface area contributed by atoms with Crippen molar-refractivity contribution in [1.82, 2.24) is 5.32 Å². The molecule has 1 aliphatic heterocycles. The van der Waals surface area contributed by atoms with E-state index in [0.29, 0.717) is 22.0 Å². The number of nitrogens with one attached hydrogen (secondary N) is 1. The second-order valence-electron chi connectivity index (χ2n) is 5.77. The zero-order chi connectivity index (χ0) is 14.7. The van der Waals surface area contributed by atoms with Gasteiger partial charge in [0.05, 0.1) is 15.7 Å². The van der Waals surface area contributed by atoms with Crippen LogP contribution in [0.1, 0.15) is 26.7 Å². The van der Waals surface area contributed by atoms with E-state index < -0.39 is 0 Å². The number of nitrogens with zero attached hydrogens (tertiary/aromatic N) is 1. The maximum atomic E-state index is 6.41. The molecule has 0 aromatic heterocycles. The fourth-order valence-corrected chi connectivity index (χ4v) is 3.59. The molecule has 1 unspecified atom stereocenters. The summed E-state index contributed by atoms with van der Waals surface area (Å²) in [6.45, 7) is 7.59. The van der Waals surface area contributed by atoms with Crippen molar-refractivity contribution in [1.29, 1.82) is 0 Å². The second-order valence-corrected chi connectivity index (χ2v) is 7.38. The third-order valence-electron chi connectivity index (χ3n) is 3.59. The van der Waals surface area contributed by atoms with Crippen LogP contribution in [0.15, 0.2) is 16.6 Å². The van der Waals surface area contributed by atoms with E-state index in [1.54, 1.807) is 0 Å². The van der Waals surface area contributed by atoms with Gasteiger partial charge < -0.3 is 10.2 Å². The topological polar surface area (TPSA) is 15.3 Å². The van der Waals surface area contributed by atoms with Gasteiger partial charge in [0.2, 0.25) is 0 Å². The first-order valence-corrected chi connectivity index (χ1v) is 8.65. The molecule has 1 aliphatic rings. The van der Waals surface area contributed by atoms with E-state index in [2.05, 4.69) is 46.1 Å². The van der Waals surface area contributed by atoms with Gasteiger partial charge >= 0.3 is 0 Å². The summed E-state index contributed by atoms with van der Waals surface area (Å²) in [5, 5.41) is 4.87. The van der Waals surface area contributed by atoms with Crippen LogP contribution in [0.3, 0.4) is 0 Å². The summed E-state index contributed by atoms with van der Waals surface area (Å²) in [5.74, 6) is 0.691. The molecule has 1 aromatic rings. The average molecular weight is 380 g/mol. The zero-order valence-corrected chi connectivity index (χ0v) is 15.0. The Kier molecular flexibility index (Phi) is 6.03. The predicted octanol–water partition coefficient (Wildman–Crippen LogP) is 4.97. The first-order chi connectivity index (χ1) is 9.49. The van der Waals surface area contributed by atoms with Gasteiger partial charge in [-0.25, -0.2) is 0 Å². The highest BCUT2D eigenvalue weighted by Gasteiger charge is 2.21. The van der Waals surface area contributed by atoms with Crippen LogP contribution in [-0.4, -0.2) is 25.7 Å². The van der Waals surface area contributed by atoms with E-state index in [4.69, 9.17) is 23.2 Å². The molecule has 5 heteroatoms. The van der Waals surface area contributed by atoms with Crippen LogP contribution < -0.4 is 10.2 Å². The van der Waals surface area contributed by atoms with E-state index in [0.717, 1.165) is 36.2 Å². The smallest absolute Gasteiger partial charge is 0.0837 e. The first-order valence-electron chi connectivity index (χ1n) is 7.11. The van der Waals surface area contributed by atoms with Gasteiger partial charge in [-0.2, -0.15) is 0 Å². The van der Waals surface area contributed by atoms with Crippen LogP contribution in [0.2, 0.25) is 10.0 Å². The summed E-state index contributed by atoms with van der Waals surface area (Å²) in [6, 6.07) is 4.53. The fourth-order valence-electron chi connectivity index (χ4n) is 2.70. The maximum Gasteiger partial charge on any atom is 0.0837 e. The van der Waals surface area contributed by atoms with Gasteiger partial charge in [0, 0.05) is 23.6 Å². The Balaban J connectivity index is 2.20. The van der Waals surface area contributed by atoms with Gasteiger partial charge in [0.1, 0.15) is 0 Å². The molecular weight excluding hydrogens is 359 g/mol. The first kappa shape index (κ1) is 16.4. The molecule has 1 atom stereocenters. The Hall–Kier alpha value is 0.0400. The lowest BCUT2D eigenvalue weighted by Gasteiger charge is -2.28. The molecular formula is C15H21BrCl2N2. The molecule has 1 fully saturated rings. The molecule has 0 spiro atoms. The highest BCUT2D eigenvalue weighted by Crippen LogP contribution is 2.38. The molecule has 112 valence electrons. The summed E-state index contributed by atoms with van der Waals surface area (Å²) in [7, 11) is 0. The van der Waals surface area contributed by atoms with Crippen molar-refractivity contribution in [2.24, 2.45) is 5.92 Å². The van der Waals surface area contributed by atoms with Gasteiger partial charge in [0.25, 0.3) is 0 Å². The van der Waals surface area contributed by atoms with Gasteiger partial charge in [-0.15, -0.1) is 0 Å². The average Bonchev–Trinajstić information content (AvgIpc) is 2.61. The van der Waals surface area contributed by atoms with Crippen LogP contribution in [0.4, 0.5) is 5.69 Å². The van der Waals surface area contributed by atoms with Crippen molar-refractivity contribution < 1.29 is 0 Å². The minimum absolute atomic E-state index is 0.510. The SMILES string of the molecule is CC(C)CC1CN(c2ccc(Br)c(Cl)c2Cl)CCCN1. The molecule has 20 heavy (non-hydrogen) atoms. The molecule has 0 saturated carbocycles. The molecule has 2 rings (SSSR count). The van der Waals surface area contributed by atoms with Crippen LogP contribution in [0.25, 0.3) is 0 Å². The molecule has 0 aliphatic carbocycles. The van der Waals surface area contributed by atoms with Crippen molar-refractivity contribution in [3.8, 4) is 0 Å². The summed E-state index contributed by atoms with van der Waals surface area (Å²) < 4.78 is 0.847. The van der Waals surface area contributed by atoms with Crippen LogP contribution in [0, 0.1) is 5.92 Å². The molecule has 0 bridgehead atoms. The Morgan fingerprint density at radius 3 is 2.80 bits per heavy atom. The number of hydrogen-bond donors (Lipinski definition) is 1. The molecule has 0 radical (unpaired) electrons. The molecule has 1 heterocycles. The highest BCUT2D eigenvalue weighted by molar-refractivity contribution is 9.10. The standard InChI is InChI=1S/C15H21BrCl2N2/c1-10(2)8-11-9-20(7-3-6-19-11)13-5-4-12(16)14(17)15(13)18/h4-5,10-11,19H,3,6-9H2,1-2H3. The third-order valence-corrected chi connectivity index (χ3v) is 5.35. The maximum absolute atomic E-state index is 6.41. The van der Waals surface area contributed by atoms with Crippen molar-refractivity contribution in [3.05, 3.63) is 26.7 Å². The van der Waals surface area contributed by atoms with E-state index in [1.165, 1.54) is 6.42 Å². The lowest BCUT2D eigenvalue weighted by molar-refractivity contribution is 0.436. The van der Waals surface area contributed by atoms with E-state index in [1.807, 2.05) is 6.07 Å². The Bertz CT molecular complexity index is 465. The lowest BCUT2D eigenvalue weighted by Crippen LogP contribution is -2.38. The monoisotopic (exact) mass is 378 g/mol. The summed E-state index contributed by atoms with van der Waals surface area (Å²) in [5.41, 5.74) is 1.04.